The van der Waals surface area contributed by atoms with Crippen LogP contribution < -0.4 is 9.64 Å². The number of rotatable bonds is 3. The molecule has 2 rings (SSSR count). The molecule has 1 aliphatic heterocycles. The molecule has 0 saturated carbocycles. The maximum atomic E-state index is 11.9. The lowest BCUT2D eigenvalue weighted by Crippen LogP contribution is -2.48. The van der Waals surface area contributed by atoms with Crippen LogP contribution in [0.4, 0.5) is 5.69 Å². The van der Waals surface area contributed by atoms with E-state index >= 15 is 0 Å². The zero-order valence-electron chi connectivity index (χ0n) is 12.4. The Kier molecular flexibility index (Phi) is 4.66. The van der Waals surface area contributed by atoms with E-state index < -0.39 is 0 Å². The number of hydrogen-bond donors (Lipinski definition) is 0. The fraction of sp³-hybridized carbons (Fsp3) is 0.438. The Morgan fingerprint density at radius 1 is 1.10 bits per heavy atom. The SMILES string of the molecule is COc1ccc(N2CCN(C(=O)C=C(C)C)CC2)cc1. The molecule has 0 spiro atoms. The van der Waals surface area contributed by atoms with Crippen LogP contribution in [0.2, 0.25) is 0 Å². The molecule has 1 aliphatic rings. The minimum atomic E-state index is 0.124. The van der Waals surface area contributed by atoms with E-state index in [2.05, 4.69) is 17.0 Å². The van der Waals surface area contributed by atoms with Crippen molar-refractivity contribution in [1.82, 2.24) is 4.90 Å². The van der Waals surface area contributed by atoms with Gasteiger partial charge >= 0.3 is 0 Å². The number of methoxy groups -OCH3 is 1. The Morgan fingerprint density at radius 3 is 2.20 bits per heavy atom. The van der Waals surface area contributed by atoms with E-state index in [0.717, 1.165) is 37.5 Å². The van der Waals surface area contributed by atoms with Crippen molar-refractivity contribution in [3.63, 3.8) is 0 Å². The van der Waals surface area contributed by atoms with Gasteiger partial charge in [0.1, 0.15) is 5.75 Å². The summed E-state index contributed by atoms with van der Waals surface area (Å²) in [6.07, 6.45) is 1.71. The third-order valence-corrected chi connectivity index (χ3v) is 3.44. The van der Waals surface area contributed by atoms with Crippen molar-refractivity contribution in [2.24, 2.45) is 0 Å². The molecule has 1 aromatic carbocycles. The summed E-state index contributed by atoms with van der Waals surface area (Å²) in [4.78, 5) is 16.2. The van der Waals surface area contributed by atoms with Gasteiger partial charge in [0.15, 0.2) is 0 Å². The van der Waals surface area contributed by atoms with Gasteiger partial charge in [-0.2, -0.15) is 0 Å². The molecule has 0 atom stereocenters. The van der Waals surface area contributed by atoms with E-state index in [9.17, 15) is 4.79 Å². The molecule has 1 amide bonds. The molecular weight excluding hydrogens is 252 g/mol. The van der Waals surface area contributed by atoms with Crippen molar-refractivity contribution in [1.29, 1.82) is 0 Å². The first-order valence-electron chi connectivity index (χ1n) is 6.93. The van der Waals surface area contributed by atoms with Gasteiger partial charge in [0, 0.05) is 37.9 Å². The summed E-state index contributed by atoms with van der Waals surface area (Å²) in [5, 5.41) is 0. The summed E-state index contributed by atoms with van der Waals surface area (Å²) in [5.41, 5.74) is 2.23. The van der Waals surface area contributed by atoms with E-state index in [4.69, 9.17) is 4.74 Å². The maximum Gasteiger partial charge on any atom is 0.246 e. The number of allylic oxidation sites excluding steroid dienone is 1. The smallest absolute Gasteiger partial charge is 0.246 e. The Morgan fingerprint density at radius 2 is 1.70 bits per heavy atom. The van der Waals surface area contributed by atoms with E-state index in [1.54, 1.807) is 13.2 Å². The van der Waals surface area contributed by atoms with Gasteiger partial charge < -0.3 is 14.5 Å². The fourth-order valence-corrected chi connectivity index (χ4v) is 2.32. The van der Waals surface area contributed by atoms with Gasteiger partial charge in [0.05, 0.1) is 7.11 Å². The van der Waals surface area contributed by atoms with Crippen LogP contribution in [-0.2, 0) is 4.79 Å². The quantitative estimate of drug-likeness (QED) is 0.793. The third-order valence-electron chi connectivity index (χ3n) is 3.44. The van der Waals surface area contributed by atoms with Crippen LogP contribution in [0.15, 0.2) is 35.9 Å². The molecule has 1 aromatic rings. The fourth-order valence-electron chi connectivity index (χ4n) is 2.32. The minimum absolute atomic E-state index is 0.124. The van der Waals surface area contributed by atoms with E-state index in [1.807, 2.05) is 30.9 Å². The molecule has 0 aliphatic carbocycles. The molecule has 0 unspecified atom stereocenters. The Bertz CT molecular complexity index is 482. The lowest BCUT2D eigenvalue weighted by Gasteiger charge is -2.35. The molecule has 4 heteroatoms. The van der Waals surface area contributed by atoms with Crippen molar-refractivity contribution >= 4 is 11.6 Å². The van der Waals surface area contributed by atoms with Crippen LogP contribution in [0.25, 0.3) is 0 Å². The van der Waals surface area contributed by atoms with Crippen molar-refractivity contribution in [2.45, 2.75) is 13.8 Å². The molecule has 0 aromatic heterocycles. The lowest BCUT2D eigenvalue weighted by atomic mass is 10.2. The molecule has 0 radical (unpaired) electrons. The van der Waals surface area contributed by atoms with Crippen molar-refractivity contribution in [3.8, 4) is 5.75 Å². The number of nitrogens with zero attached hydrogens (tertiary/aromatic N) is 2. The van der Waals surface area contributed by atoms with Gasteiger partial charge in [-0.05, 0) is 38.1 Å². The number of benzene rings is 1. The van der Waals surface area contributed by atoms with E-state index in [1.165, 1.54) is 5.69 Å². The summed E-state index contributed by atoms with van der Waals surface area (Å²) >= 11 is 0. The summed E-state index contributed by atoms with van der Waals surface area (Å²) in [6, 6.07) is 8.06. The summed E-state index contributed by atoms with van der Waals surface area (Å²) < 4.78 is 5.16. The van der Waals surface area contributed by atoms with Crippen molar-refractivity contribution < 1.29 is 9.53 Å². The lowest BCUT2D eigenvalue weighted by molar-refractivity contribution is -0.126. The van der Waals surface area contributed by atoms with Crippen LogP contribution in [0.3, 0.4) is 0 Å². The zero-order chi connectivity index (χ0) is 14.5. The maximum absolute atomic E-state index is 11.9. The second kappa shape index (κ2) is 6.46. The highest BCUT2D eigenvalue weighted by Gasteiger charge is 2.19. The van der Waals surface area contributed by atoms with Crippen LogP contribution in [-0.4, -0.2) is 44.1 Å². The molecule has 108 valence electrons. The normalized spacial score (nSPS) is 14.9. The average molecular weight is 274 g/mol. The van der Waals surface area contributed by atoms with Crippen LogP contribution >= 0.6 is 0 Å². The first-order valence-corrected chi connectivity index (χ1v) is 6.93. The minimum Gasteiger partial charge on any atom is -0.497 e. The molecule has 1 heterocycles. The number of carbonyl (C=O) groups is 1. The van der Waals surface area contributed by atoms with Gasteiger partial charge in [-0.3, -0.25) is 4.79 Å². The molecule has 1 fully saturated rings. The number of hydrogen-bond acceptors (Lipinski definition) is 3. The van der Waals surface area contributed by atoms with Crippen LogP contribution in [0.1, 0.15) is 13.8 Å². The number of anilines is 1. The van der Waals surface area contributed by atoms with Crippen molar-refractivity contribution in [3.05, 3.63) is 35.9 Å². The predicted octanol–water partition coefficient (Wildman–Crippen LogP) is 2.31. The Labute approximate surface area is 120 Å². The Balaban J connectivity index is 1.93. The first kappa shape index (κ1) is 14.4. The molecule has 1 saturated heterocycles. The molecule has 4 nitrogen and oxygen atoms in total. The molecule has 0 N–H and O–H groups in total. The van der Waals surface area contributed by atoms with Crippen LogP contribution in [0.5, 0.6) is 5.75 Å². The monoisotopic (exact) mass is 274 g/mol. The largest absolute Gasteiger partial charge is 0.497 e. The number of ether oxygens (including phenoxy) is 1. The van der Waals surface area contributed by atoms with Crippen LogP contribution in [0, 0.1) is 0 Å². The molecule has 20 heavy (non-hydrogen) atoms. The number of piperazine rings is 1. The van der Waals surface area contributed by atoms with Gasteiger partial charge in [0.2, 0.25) is 5.91 Å². The van der Waals surface area contributed by atoms with Gasteiger partial charge in [-0.15, -0.1) is 0 Å². The summed E-state index contributed by atoms with van der Waals surface area (Å²) in [5.74, 6) is 0.991. The first-order chi connectivity index (χ1) is 9.60. The standard InChI is InChI=1S/C16H22N2O2/c1-13(2)12-16(19)18-10-8-17(9-11-18)14-4-6-15(20-3)7-5-14/h4-7,12H,8-11H2,1-3H3. The second-order valence-corrected chi connectivity index (χ2v) is 5.23. The summed E-state index contributed by atoms with van der Waals surface area (Å²) in [7, 11) is 1.67. The molecule has 0 bridgehead atoms. The highest BCUT2D eigenvalue weighted by molar-refractivity contribution is 5.88. The van der Waals surface area contributed by atoms with Crippen molar-refractivity contribution in [2.75, 3.05) is 38.2 Å². The van der Waals surface area contributed by atoms with Gasteiger partial charge in [-0.1, -0.05) is 5.57 Å². The predicted molar refractivity (Wildman–Crippen MR) is 81.2 cm³/mol. The van der Waals surface area contributed by atoms with E-state index in [0.29, 0.717) is 0 Å². The summed E-state index contributed by atoms with van der Waals surface area (Å²) in [6.45, 7) is 7.18. The number of carbonyl (C=O) groups excluding carboxylic acids is 1. The van der Waals surface area contributed by atoms with E-state index in [-0.39, 0.29) is 5.91 Å². The average Bonchev–Trinajstić information content (AvgIpc) is 2.47. The molecular formula is C16H22N2O2. The number of amides is 1. The topological polar surface area (TPSA) is 32.8 Å². The zero-order valence-corrected chi connectivity index (χ0v) is 12.4. The third kappa shape index (κ3) is 3.53. The highest BCUT2D eigenvalue weighted by atomic mass is 16.5. The highest BCUT2D eigenvalue weighted by Crippen LogP contribution is 2.20. The van der Waals surface area contributed by atoms with Gasteiger partial charge in [0.25, 0.3) is 0 Å². The Hall–Kier alpha value is -1.97. The second-order valence-electron chi connectivity index (χ2n) is 5.23. The van der Waals surface area contributed by atoms with Gasteiger partial charge in [-0.25, -0.2) is 0 Å².